The molecule has 0 unspecified atom stereocenters. The fourth-order valence-electron chi connectivity index (χ4n) is 1.85. The van der Waals surface area contributed by atoms with E-state index in [-0.39, 0.29) is 11.4 Å². The molecule has 22 heavy (non-hydrogen) atoms. The van der Waals surface area contributed by atoms with Crippen molar-refractivity contribution in [2.24, 2.45) is 0 Å². The van der Waals surface area contributed by atoms with Crippen LogP contribution in [-0.2, 0) is 0 Å². The minimum atomic E-state index is -0.388. The second-order valence-corrected chi connectivity index (χ2v) is 5.54. The summed E-state index contributed by atoms with van der Waals surface area (Å²) in [6.07, 6.45) is 1.81. The molecule has 0 aromatic heterocycles. The van der Waals surface area contributed by atoms with Crippen molar-refractivity contribution in [1.82, 2.24) is 0 Å². The molecule has 2 aromatic rings. The van der Waals surface area contributed by atoms with Gasteiger partial charge in [0.1, 0.15) is 11.6 Å². The molecule has 0 aliphatic carbocycles. The van der Waals surface area contributed by atoms with Crippen LogP contribution in [0.4, 0.5) is 5.69 Å². The summed E-state index contributed by atoms with van der Waals surface area (Å²) in [6, 6.07) is 18.1. The first kappa shape index (κ1) is 16.2. The van der Waals surface area contributed by atoms with Crippen molar-refractivity contribution < 1.29 is 4.79 Å². The van der Waals surface area contributed by atoms with Gasteiger partial charge in [0.05, 0.1) is 10.1 Å². The van der Waals surface area contributed by atoms with Crippen LogP contribution in [0.2, 0.25) is 5.02 Å². The molecule has 0 atom stereocenters. The Hall–Kier alpha value is -2.22. The molecule has 0 bridgehead atoms. The highest BCUT2D eigenvalue weighted by molar-refractivity contribution is 8.02. The van der Waals surface area contributed by atoms with Gasteiger partial charge in [-0.1, -0.05) is 41.9 Å². The van der Waals surface area contributed by atoms with Crippen molar-refractivity contribution in [3.8, 4) is 6.07 Å². The Morgan fingerprint density at radius 2 is 1.77 bits per heavy atom. The van der Waals surface area contributed by atoms with Gasteiger partial charge in [-0.05, 0) is 30.5 Å². The van der Waals surface area contributed by atoms with E-state index in [0.29, 0.717) is 15.6 Å². The number of halogens is 1. The SMILES string of the molecule is CS/C(Nc1ccccc1)=C(/C#N)C(=O)c1ccccc1Cl. The van der Waals surface area contributed by atoms with E-state index < -0.39 is 0 Å². The van der Waals surface area contributed by atoms with E-state index in [0.717, 1.165) is 5.69 Å². The van der Waals surface area contributed by atoms with Crippen LogP contribution in [0.25, 0.3) is 0 Å². The first-order valence-corrected chi connectivity index (χ1v) is 8.07. The van der Waals surface area contributed by atoms with E-state index in [2.05, 4.69) is 5.32 Å². The Kier molecular flexibility index (Phi) is 5.65. The third-order valence-electron chi connectivity index (χ3n) is 2.92. The number of ketones is 1. The lowest BCUT2D eigenvalue weighted by Gasteiger charge is -2.11. The number of hydrogen-bond acceptors (Lipinski definition) is 4. The molecule has 0 radical (unpaired) electrons. The average Bonchev–Trinajstić information content (AvgIpc) is 2.55. The molecule has 1 N–H and O–H groups in total. The summed E-state index contributed by atoms with van der Waals surface area (Å²) < 4.78 is 0. The quantitative estimate of drug-likeness (QED) is 0.489. The number of nitrogens with one attached hydrogen (secondary N) is 1. The van der Waals surface area contributed by atoms with Gasteiger partial charge in [-0.3, -0.25) is 4.79 Å². The van der Waals surface area contributed by atoms with Gasteiger partial charge in [0.2, 0.25) is 5.78 Å². The van der Waals surface area contributed by atoms with Crippen LogP contribution in [0.15, 0.2) is 65.2 Å². The number of carbonyl (C=O) groups excluding carboxylic acids is 1. The zero-order valence-electron chi connectivity index (χ0n) is 11.8. The maximum absolute atomic E-state index is 12.6. The molecule has 0 saturated carbocycles. The standard InChI is InChI=1S/C17H13ClN2OS/c1-22-17(20-12-7-3-2-4-8-12)14(11-19)16(21)13-9-5-6-10-15(13)18/h2-10,20H,1H3/b17-14-. The molecule has 0 aliphatic rings. The van der Waals surface area contributed by atoms with Crippen molar-refractivity contribution in [1.29, 1.82) is 5.26 Å². The zero-order valence-corrected chi connectivity index (χ0v) is 13.4. The molecule has 110 valence electrons. The Morgan fingerprint density at radius 1 is 1.14 bits per heavy atom. The van der Waals surface area contributed by atoms with Gasteiger partial charge in [-0.25, -0.2) is 0 Å². The maximum atomic E-state index is 12.6. The summed E-state index contributed by atoms with van der Waals surface area (Å²) in [4.78, 5) is 12.6. The molecule has 0 fully saturated rings. The maximum Gasteiger partial charge on any atom is 0.207 e. The van der Waals surface area contributed by atoms with E-state index in [1.54, 1.807) is 24.3 Å². The van der Waals surface area contributed by atoms with E-state index in [1.165, 1.54) is 11.8 Å². The van der Waals surface area contributed by atoms with Crippen LogP contribution < -0.4 is 5.32 Å². The third kappa shape index (κ3) is 3.70. The van der Waals surface area contributed by atoms with Crippen LogP contribution in [0.3, 0.4) is 0 Å². The van der Waals surface area contributed by atoms with Crippen molar-refractivity contribution >= 4 is 34.8 Å². The molecule has 0 spiro atoms. The molecule has 0 aliphatic heterocycles. The van der Waals surface area contributed by atoms with Gasteiger partial charge in [-0.15, -0.1) is 11.8 Å². The number of Topliss-reactive ketones (excluding diaryl/α,β-unsaturated/α-hetero) is 1. The summed E-state index contributed by atoms with van der Waals surface area (Å²) in [6.45, 7) is 0. The smallest absolute Gasteiger partial charge is 0.207 e. The molecule has 5 heteroatoms. The fourth-order valence-corrected chi connectivity index (χ4v) is 2.64. The number of carbonyl (C=O) groups is 1. The van der Waals surface area contributed by atoms with Gasteiger partial charge in [0.15, 0.2) is 0 Å². The zero-order chi connectivity index (χ0) is 15.9. The number of hydrogen-bond donors (Lipinski definition) is 1. The van der Waals surface area contributed by atoms with E-state index in [9.17, 15) is 10.1 Å². The monoisotopic (exact) mass is 328 g/mol. The van der Waals surface area contributed by atoms with Gasteiger partial charge < -0.3 is 5.32 Å². The lowest BCUT2D eigenvalue weighted by atomic mass is 10.1. The summed E-state index contributed by atoms with van der Waals surface area (Å²) in [5.74, 6) is -0.388. The number of anilines is 1. The lowest BCUT2D eigenvalue weighted by molar-refractivity contribution is 0.103. The lowest BCUT2D eigenvalue weighted by Crippen LogP contribution is -2.09. The van der Waals surface area contributed by atoms with Crippen LogP contribution in [0.1, 0.15) is 10.4 Å². The third-order valence-corrected chi connectivity index (χ3v) is 3.96. The first-order valence-electron chi connectivity index (χ1n) is 6.47. The number of nitriles is 1. The second kappa shape index (κ2) is 7.69. The number of rotatable bonds is 5. The molecule has 0 saturated heterocycles. The highest BCUT2D eigenvalue weighted by Gasteiger charge is 2.19. The Labute approximate surface area is 138 Å². The predicted octanol–water partition coefficient (Wildman–Crippen LogP) is 4.73. The molecular formula is C17H13ClN2OS. The van der Waals surface area contributed by atoms with Crippen molar-refractivity contribution in [2.75, 3.05) is 11.6 Å². The number of benzene rings is 2. The highest BCUT2D eigenvalue weighted by atomic mass is 35.5. The summed E-state index contributed by atoms with van der Waals surface area (Å²) in [7, 11) is 0. The Morgan fingerprint density at radius 3 is 2.36 bits per heavy atom. The summed E-state index contributed by atoms with van der Waals surface area (Å²) in [5.41, 5.74) is 1.18. The van der Waals surface area contributed by atoms with E-state index in [1.807, 2.05) is 42.7 Å². The van der Waals surface area contributed by atoms with Crippen LogP contribution in [0.5, 0.6) is 0 Å². The van der Waals surface area contributed by atoms with Crippen molar-refractivity contribution in [2.45, 2.75) is 0 Å². The highest BCUT2D eigenvalue weighted by Crippen LogP contribution is 2.25. The first-order chi connectivity index (χ1) is 10.7. The molecule has 0 amide bonds. The number of allylic oxidation sites excluding steroid dienone is 1. The van der Waals surface area contributed by atoms with Gasteiger partial charge in [-0.2, -0.15) is 5.26 Å². The minimum absolute atomic E-state index is 0.0458. The molecular weight excluding hydrogens is 316 g/mol. The minimum Gasteiger partial charge on any atom is -0.349 e. The predicted molar refractivity (Wildman–Crippen MR) is 92.0 cm³/mol. The summed E-state index contributed by atoms with van der Waals surface area (Å²) >= 11 is 7.36. The molecule has 3 nitrogen and oxygen atoms in total. The number of para-hydroxylation sites is 1. The summed E-state index contributed by atoms with van der Waals surface area (Å²) in [5, 5.41) is 13.3. The van der Waals surface area contributed by atoms with Crippen LogP contribution >= 0.6 is 23.4 Å². The Balaban J connectivity index is 2.41. The normalized spacial score (nSPS) is 11.3. The topological polar surface area (TPSA) is 52.9 Å². The van der Waals surface area contributed by atoms with Crippen molar-refractivity contribution in [3.63, 3.8) is 0 Å². The van der Waals surface area contributed by atoms with Gasteiger partial charge >= 0.3 is 0 Å². The van der Waals surface area contributed by atoms with Gasteiger partial charge in [0.25, 0.3) is 0 Å². The number of thioether (sulfide) groups is 1. The second-order valence-electron chi connectivity index (χ2n) is 4.32. The average molecular weight is 329 g/mol. The van der Waals surface area contributed by atoms with Crippen LogP contribution in [-0.4, -0.2) is 12.0 Å². The number of nitrogens with zero attached hydrogens (tertiary/aromatic N) is 1. The van der Waals surface area contributed by atoms with Crippen molar-refractivity contribution in [3.05, 3.63) is 75.8 Å². The van der Waals surface area contributed by atoms with E-state index in [4.69, 9.17) is 11.6 Å². The molecule has 2 aromatic carbocycles. The fraction of sp³-hybridized carbons (Fsp3) is 0.0588. The molecule has 2 rings (SSSR count). The van der Waals surface area contributed by atoms with E-state index >= 15 is 0 Å². The Bertz CT molecular complexity index is 751. The molecule has 0 heterocycles. The largest absolute Gasteiger partial charge is 0.349 e. The van der Waals surface area contributed by atoms with Gasteiger partial charge in [0, 0.05) is 11.3 Å². The van der Waals surface area contributed by atoms with Crippen LogP contribution in [0, 0.1) is 11.3 Å².